The van der Waals surface area contributed by atoms with Crippen LogP contribution in [0.25, 0.3) is 0 Å². The van der Waals surface area contributed by atoms with Crippen LogP contribution >= 0.6 is 35.7 Å². The molecule has 172 valence electrons. The molecule has 1 aliphatic carbocycles. The monoisotopic (exact) mass is 570 g/mol. The van der Waals surface area contributed by atoms with Gasteiger partial charge >= 0.3 is 0 Å². The number of halogens is 1. The number of nitrogens with one attached hydrogen (secondary N) is 3. The van der Waals surface area contributed by atoms with Gasteiger partial charge in [-0.15, -0.1) is 24.0 Å². The highest BCUT2D eigenvalue weighted by Gasteiger charge is 2.22. The molecule has 1 aromatic rings. The molecule has 3 N–H and O–H groups in total. The van der Waals surface area contributed by atoms with Crippen LogP contribution in [0.15, 0.2) is 34.2 Å². The molecule has 0 aliphatic heterocycles. The summed E-state index contributed by atoms with van der Waals surface area (Å²) in [5.41, 5.74) is 0.880. The molecule has 0 saturated heterocycles. The van der Waals surface area contributed by atoms with Crippen molar-refractivity contribution < 1.29 is 13.2 Å². The van der Waals surface area contributed by atoms with Crippen LogP contribution in [0.4, 0.5) is 0 Å². The van der Waals surface area contributed by atoms with Gasteiger partial charge in [-0.05, 0) is 42.7 Å². The third-order valence-electron chi connectivity index (χ3n) is 4.86. The molecule has 0 aromatic heterocycles. The van der Waals surface area contributed by atoms with Crippen LogP contribution in [0.3, 0.4) is 0 Å². The minimum absolute atomic E-state index is 0. The van der Waals surface area contributed by atoms with Crippen LogP contribution in [-0.4, -0.2) is 58.7 Å². The van der Waals surface area contributed by atoms with Crippen LogP contribution < -0.4 is 15.4 Å². The lowest BCUT2D eigenvalue weighted by Gasteiger charge is -2.30. The smallest absolute Gasteiger partial charge is 0.240 e. The molecular weight excluding hydrogens is 535 g/mol. The Morgan fingerprint density at radius 3 is 2.83 bits per heavy atom. The van der Waals surface area contributed by atoms with E-state index in [2.05, 4.69) is 27.3 Å². The van der Waals surface area contributed by atoms with Crippen LogP contribution in [0.1, 0.15) is 38.2 Å². The van der Waals surface area contributed by atoms with Crippen molar-refractivity contribution in [2.45, 2.75) is 55.3 Å². The summed E-state index contributed by atoms with van der Waals surface area (Å²) in [4.78, 5) is 4.58. The second-order valence-electron chi connectivity index (χ2n) is 7.05. The highest BCUT2D eigenvalue weighted by atomic mass is 127. The van der Waals surface area contributed by atoms with Crippen molar-refractivity contribution >= 4 is 51.7 Å². The van der Waals surface area contributed by atoms with E-state index in [0.717, 1.165) is 35.4 Å². The lowest BCUT2D eigenvalue weighted by molar-refractivity contribution is 0.204. The van der Waals surface area contributed by atoms with Crippen LogP contribution in [0.5, 0.6) is 0 Å². The molecule has 2 unspecified atom stereocenters. The molecule has 0 heterocycles. The maximum Gasteiger partial charge on any atom is 0.240 e. The molecule has 7 nitrogen and oxygen atoms in total. The fourth-order valence-electron chi connectivity index (χ4n) is 3.42. The Bertz CT molecular complexity index is 760. The van der Waals surface area contributed by atoms with Gasteiger partial charge in [0.15, 0.2) is 5.96 Å². The summed E-state index contributed by atoms with van der Waals surface area (Å²) in [7, 11) is -0.239. The SMILES string of the molecule is CCSC1CCCC(NC(=NC)NCc2cccc(S(=O)(=O)NCCOC)c2)C1.I. The van der Waals surface area contributed by atoms with Crippen LogP contribution in [-0.2, 0) is 21.3 Å². The molecule has 30 heavy (non-hydrogen) atoms. The van der Waals surface area contributed by atoms with Crippen molar-refractivity contribution in [1.29, 1.82) is 0 Å². The first-order valence-electron chi connectivity index (χ1n) is 10.1. The molecule has 2 rings (SSSR count). The van der Waals surface area contributed by atoms with E-state index in [0.29, 0.717) is 19.2 Å². The van der Waals surface area contributed by atoms with Gasteiger partial charge in [-0.3, -0.25) is 4.99 Å². The quantitative estimate of drug-likeness (QED) is 0.174. The molecule has 1 aliphatic rings. The number of aliphatic imine (C=N–C) groups is 1. The van der Waals surface area contributed by atoms with Crippen molar-refractivity contribution in [3.63, 3.8) is 0 Å². The number of nitrogens with zero attached hydrogens (tertiary/aromatic N) is 1. The molecule has 1 fully saturated rings. The van der Waals surface area contributed by atoms with E-state index >= 15 is 0 Å². The Labute approximate surface area is 202 Å². The summed E-state index contributed by atoms with van der Waals surface area (Å²) in [5.74, 6) is 1.91. The van der Waals surface area contributed by atoms with Gasteiger partial charge in [0, 0.05) is 38.5 Å². The predicted molar refractivity (Wildman–Crippen MR) is 136 cm³/mol. The van der Waals surface area contributed by atoms with Gasteiger partial charge in [0.05, 0.1) is 11.5 Å². The van der Waals surface area contributed by atoms with Gasteiger partial charge in [-0.2, -0.15) is 11.8 Å². The first-order chi connectivity index (χ1) is 14.0. The number of hydrogen-bond acceptors (Lipinski definition) is 5. The Hall–Kier alpha value is -0.560. The standard InChI is InChI=1S/C20H34N4O3S2.HI/c1-4-28-18-9-6-8-17(14-18)24-20(21-2)22-15-16-7-5-10-19(13-16)29(25,26)23-11-12-27-3;/h5,7,10,13,17-18,23H,4,6,8-9,11-12,14-15H2,1-3H3,(H2,21,22,24);1H. The van der Waals surface area contributed by atoms with E-state index in [1.807, 2.05) is 17.8 Å². The molecule has 1 saturated carbocycles. The summed E-state index contributed by atoms with van der Waals surface area (Å²) < 4.78 is 32.2. The Kier molecular flexibility index (Phi) is 13.3. The van der Waals surface area contributed by atoms with Crippen molar-refractivity contribution in [1.82, 2.24) is 15.4 Å². The fraction of sp³-hybridized carbons (Fsp3) is 0.650. The van der Waals surface area contributed by atoms with Crippen molar-refractivity contribution in [3.8, 4) is 0 Å². The maximum atomic E-state index is 12.4. The average Bonchev–Trinajstić information content (AvgIpc) is 2.72. The highest BCUT2D eigenvalue weighted by molar-refractivity contribution is 14.0. The lowest BCUT2D eigenvalue weighted by Crippen LogP contribution is -2.45. The molecule has 0 amide bonds. The van der Waals surface area contributed by atoms with E-state index in [1.54, 1.807) is 25.2 Å². The molecule has 10 heteroatoms. The highest BCUT2D eigenvalue weighted by Crippen LogP contribution is 2.28. The Morgan fingerprint density at radius 2 is 2.13 bits per heavy atom. The van der Waals surface area contributed by atoms with Crippen LogP contribution in [0.2, 0.25) is 0 Å². The molecule has 2 atom stereocenters. The molecule has 0 radical (unpaired) electrons. The summed E-state index contributed by atoms with van der Waals surface area (Å²) in [6, 6.07) is 7.37. The van der Waals surface area contributed by atoms with Gasteiger partial charge in [-0.1, -0.05) is 25.5 Å². The molecule has 0 bridgehead atoms. The normalized spacial score (nSPS) is 19.8. The van der Waals surface area contributed by atoms with Crippen LogP contribution in [0, 0.1) is 0 Å². The zero-order valence-corrected chi connectivity index (χ0v) is 22.0. The van der Waals surface area contributed by atoms with Crippen molar-refractivity contribution in [2.24, 2.45) is 4.99 Å². The number of rotatable bonds is 10. The van der Waals surface area contributed by atoms with E-state index < -0.39 is 10.0 Å². The number of hydrogen-bond donors (Lipinski definition) is 3. The zero-order chi connectivity index (χ0) is 21.1. The van der Waals surface area contributed by atoms with Gasteiger partial charge in [0.25, 0.3) is 0 Å². The summed E-state index contributed by atoms with van der Waals surface area (Å²) in [6.07, 6.45) is 4.84. The van der Waals surface area contributed by atoms with E-state index in [-0.39, 0.29) is 35.4 Å². The summed E-state index contributed by atoms with van der Waals surface area (Å²) >= 11 is 2.04. The van der Waals surface area contributed by atoms with Gasteiger partial charge in [0.1, 0.15) is 0 Å². The third kappa shape index (κ3) is 9.29. The Morgan fingerprint density at radius 1 is 1.33 bits per heavy atom. The second kappa shape index (κ2) is 14.5. The lowest BCUT2D eigenvalue weighted by atomic mass is 9.95. The maximum absolute atomic E-state index is 12.4. The average molecular weight is 571 g/mol. The number of guanidine groups is 1. The first-order valence-corrected chi connectivity index (χ1v) is 12.7. The summed E-state index contributed by atoms with van der Waals surface area (Å²) in [6.45, 7) is 3.29. The van der Waals surface area contributed by atoms with Crippen molar-refractivity contribution in [2.75, 3.05) is 33.1 Å². The van der Waals surface area contributed by atoms with Gasteiger partial charge in [0.2, 0.25) is 10.0 Å². The number of methoxy groups -OCH3 is 1. The van der Waals surface area contributed by atoms with Crippen molar-refractivity contribution in [3.05, 3.63) is 29.8 Å². The largest absolute Gasteiger partial charge is 0.383 e. The van der Waals surface area contributed by atoms with E-state index in [9.17, 15) is 8.42 Å². The zero-order valence-electron chi connectivity index (χ0n) is 18.0. The molecule has 0 spiro atoms. The fourth-order valence-corrected chi connectivity index (χ4v) is 5.68. The minimum atomic E-state index is -3.54. The Balaban J connectivity index is 0.00000450. The van der Waals surface area contributed by atoms with Gasteiger partial charge < -0.3 is 15.4 Å². The van der Waals surface area contributed by atoms with E-state index in [1.165, 1.54) is 20.0 Å². The van der Waals surface area contributed by atoms with E-state index in [4.69, 9.17) is 4.74 Å². The predicted octanol–water partition coefficient (Wildman–Crippen LogP) is 2.96. The number of benzene rings is 1. The minimum Gasteiger partial charge on any atom is -0.383 e. The van der Waals surface area contributed by atoms with Gasteiger partial charge in [-0.25, -0.2) is 13.1 Å². The first kappa shape index (κ1) is 27.5. The second-order valence-corrected chi connectivity index (χ2v) is 10.4. The molecule has 1 aromatic carbocycles. The number of sulfonamides is 1. The molecular formula is C20H35IN4O3S2. The third-order valence-corrected chi connectivity index (χ3v) is 7.55. The number of ether oxygens (including phenoxy) is 1. The summed E-state index contributed by atoms with van der Waals surface area (Å²) in [5, 5.41) is 7.55. The topological polar surface area (TPSA) is 91.8 Å². The number of thioether (sulfide) groups is 1.